The van der Waals surface area contributed by atoms with E-state index in [0.29, 0.717) is 34.3 Å². The van der Waals surface area contributed by atoms with Gasteiger partial charge in [0.1, 0.15) is 11.5 Å². The molecule has 2 amide bonds. The van der Waals surface area contributed by atoms with Gasteiger partial charge in [-0.3, -0.25) is 14.5 Å². The van der Waals surface area contributed by atoms with Gasteiger partial charge in [-0.15, -0.1) is 0 Å². The van der Waals surface area contributed by atoms with E-state index in [1.165, 1.54) is 33.2 Å². The van der Waals surface area contributed by atoms with Crippen molar-refractivity contribution in [2.24, 2.45) is 4.99 Å². The minimum Gasteiger partial charge on any atom is -0.493 e. The fraction of sp³-hybridized carbons (Fsp3) is 0.179. The number of amides is 2. The van der Waals surface area contributed by atoms with Gasteiger partial charge in [-0.05, 0) is 48.0 Å². The molecule has 0 spiro atoms. The van der Waals surface area contributed by atoms with Crippen molar-refractivity contribution in [3.05, 3.63) is 83.6 Å². The van der Waals surface area contributed by atoms with E-state index in [2.05, 4.69) is 0 Å². The molecule has 0 aromatic heterocycles. The number of carbonyl (C=O) groups excluding carboxylic acids is 2. The Balaban J connectivity index is 1.79. The van der Waals surface area contributed by atoms with Crippen LogP contribution in [0, 0.1) is 0 Å². The Hall–Kier alpha value is -4.59. The quantitative estimate of drug-likeness (QED) is 0.460. The van der Waals surface area contributed by atoms with Crippen molar-refractivity contribution in [3.63, 3.8) is 0 Å². The molecule has 0 aliphatic carbocycles. The second-order valence-electron chi connectivity index (χ2n) is 8.02. The highest BCUT2D eigenvalue weighted by Crippen LogP contribution is 2.39. The van der Waals surface area contributed by atoms with Crippen LogP contribution in [0.4, 0.5) is 11.4 Å². The molecule has 0 radical (unpaired) electrons. The van der Waals surface area contributed by atoms with Crippen molar-refractivity contribution in [2.45, 2.75) is 6.92 Å². The molecule has 3 aromatic carbocycles. The van der Waals surface area contributed by atoms with Crippen LogP contribution in [-0.2, 0) is 9.59 Å². The molecule has 8 heteroatoms. The van der Waals surface area contributed by atoms with E-state index in [-0.39, 0.29) is 17.5 Å². The maximum Gasteiger partial charge on any atom is 0.282 e. The summed E-state index contributed by atoms with van der Waals surface area (Å²) in [6, 6.07) is 20.2. The molecule has 0 fully saturated rings. The smallest absolute Gasteiger partial charge is 0.282 e. The zero-order valence-corrected chi connectivity index (χ0v) is 20.8. The number of methoxy groups -OCH3 is 3. The molecular formula is C28H27N3O5. The Morgan fingerprint density at radius 2 is 1.53 bits per heavy atom. The van der Waals surface area contributed by atoms with Crippen LogP contribution in [0.1, 0.15) is 18.1 Å². The number of amidine groups is 1. The molecule has 36 heavy (non-hydrogen) atoms. The molecule has 0 saturated heterocycles. The lowest BCUT2D eigenvalue weighted by molar-refractivity contribution is -0.116. The number of carbonyl (C=O) groups is 2. The van der Waals surface area contributed by atoms with Crippen LogP contribution in [-0.4, -0.2) is 46.0 Å². The zero-order chi connectivity index (χ0) is 25.8. The highest BCUT2D eigenvalue weighted by atomic mass is 16.5. The van der Waals surface area contributed by atoms with E-state index < -0.39 is 0 Å². The molecule has 0 unspecified atom stereocenters. The number of anilines is 2. The number of hydrogen-bond donors (Lipinski definition) is 0. The Morgan fingerprint density at radius 1 is 0.917 bits per heavy atom. The van der Waals surface area contributed by atoms with E-state index in [1.807, 2.05) is 30.3 Å². The van der Waals surface area contributed by atoms with Crippen LogP contribution in [0.2, 0.25) is 0 Å². The first kappa shape index (κ1) is 24.5. The summed E-state index contributed by atoms with van der Waals surface area (Å²) in [6.07, 6.45) is 1.69. The third-order valence-electron chi connectivity index (χ3n) is 5.85. The minimum absolute atomic E-state index is 0.0814. The highest BCUT2D eigenvalue weighted by molar-refractivity contribution is 6.33. The fourth-order valence-corrected chi connectivity index (χ4v) is 3.89. The number of nitrogens with zero attached hydrogens (tertiary/aromatic N) is 3. The SMILES string of the molecule is COc1cc(/C=C2/N=C(c3ccccc3)N(c3ccc(N(C)C(C)=O)cc3)C2=O)cc(OC)c1OC. The van der Waals surface area contributed by atoms with Crippen LogP contribution in [0.3, 0.4) is 0 Å². The van der Waals surface area contributed by atoms with E-state index >= 15 is 0 Å². The van der Waals surface area contributed by atoms with Crippen LogP contribution in [0.15, 0.2) is 77.4 Å². The number of aliphatic imine (C=N–C) groups is 1. The number of benzene rings is 3. The lowest BCUT2D eigenvalue weighted by Gasteiger charge is -2.20. The third-order valence-corrected chi connectivity index (χ3v) is 5.85. The maximum absolute atomic E-state index is 13.6. The highest BCUT2D eigenvalue weighted by Gasteiger charge is 2.32. The maximum atomic E-state index is 13.6. The largest absolute Gasteiger partial charge is 0.493 e. The van der Waals surface area contributed by atoms with Crippen molar-refractivity contribution in [2.75, 3.05) is 38.2 Å². The molecule has 1 heterocycles. The molecule has 0 N–H and O–H groups in total. The summed E-state index contributed by atoms with van der Waals surface area (Å²) in [6.45, 7) is 1.50. The van der Waals surface area contributed by atoms with Crippen LogP contribution in [0.25, 0.3) is 6.08 Å². The number of hydrogen-bond acceptors (Lipinski definition) is 6. The van der Waals surface area contributed by atoms with Crippen LogP contribution in [0.5, 0.6) is 17.2 Å². The van der Waals surface area contributed by atoms with Gasteiger partial charge in [0, 0.05) is 25.2 Å². The van der Waals surface area contributed by atoms with E-state index in [4.69, 9.17) is 19.2 Å². The number of ether oxygens (including phenoxy) is 3. The standard InChI is InChI=1S/C28H27N3O5/c1-18(32)30(2)21-11-13-22(14-12-21)31-27(20-9-7-6-8-10-20)29-23(28(31)33)15-19-16-24(34-3)26(36-5)25(17-19)35-4/h6-17H,1-5H3/b23-15+. The molecule has 8 nitrogen and oxygen atoms in total. The molecule has 1 aliphatic rings. The molecule has 0 bridgehead atoms. The van der Waals surface area contributed by atoms with E-state index in [1.54, 1.807) is 54.4 Å². The Bertz CT molecular complexity index is 1320. The summed E-state index contributed by atoms with van der Waals surface area (Å²) < 4.78 is 16.3. The van der Waals surface area contributed by atoms with Crippen LogP contribution >= 0.6 is 0 Å². The summed E-state index contributed by atoms with van der Waals surface area (Å²) in [7, 11) is 6.31. The molecular weight excluding hydrogens is 458 g/mol. The normalized spacial score (nSPS) is 14.0. The summed E-state index contributed by atoms with van der Waals surface area (Å²) in [5.41, 5.74) is 3.09. The molecule has 4 rings (SSSR count). The molecule has 1 aliphatic heterocycles. The van der Waals surface area contributed by atoms with E-state index in [9.17, 15) is 9.59 Å². The van der Waals surface area contributed by atoms with Gasteiger partial charge in [0.25, 0.3) is 5.91 Å². The van der Waals surface area contributed by atoms with Crippen molar-refractivity contribution in [3.8, 4) is 17.2 Å². The van der Waals surface area contributed by atoms with Gasteiger partial charge in [-0.25, -0.2) is 4.99 Å². The Kier molecular flexibility index (Phi) is 7.05. The van der Waals surface area contributed by atoms with E-state index in [0.717, 1.165) is 11.3 Å². The average Bonchev–Trinajstić information content (AvgIpc) is 3.23. The van der Waals surface area contributed by atoms with Gasteiger partial charge < -0.3 is 19.1 Å². The predicted molar refractivity (Wildman–Crippen MR) is 140 cm³/mol. The second kappa shape index (κ2) is 10.4. The predicted octanol–water partition coefficient (Wildman–Crippen LogP) is 4.53. The first-order valence-corrected chi connectivity index (χ1v) is 11.2. The van der Waals surface area contributed by atoms with Gasteiger partial charge in [0.2, 0.25) is 11.7 Å². The summed E-state index contributed by atoms with van der Waals surface area (Å²) in [5, 5.41) is 0. The molecule has 184 valence electrons. The van der Waals surface area contributed by atoms with Gasteiger partial charge in [0.15, 0.2) is 11.5 Å². The first-order chi connectivity index (χ1) is 17.4. The monoisotopic (exact) mass is 485 g/mol. The average molecular weight is 486 g/mol. The topological polar surface area (TPSA) is 80.7 Å². The Labute approximate surface area is 210 Å². The zero-order valence-electron chi connectivity index (χ0n) is 20.8. The minimum atomic E-state index is -0.282. The lowest BCUT2D eigenvalue weighted by Crippen LogP contribution is -2.32. The van der Waals surface area contributed by atoms with Crippen molar-refractivity contribution >= 4 is 35.1 Å². The van der Waals surface area contributed by atoms with Gasteiger partial charge in [-0.1, -0.05) is 30.3 Å². The van der Waals surface area contributed by atoms with Gasteiger partial charge in [-0.2, -0.15) is 0 Å². The Morgan fingerprint density at radius 3 is 2.06 bits per heavy atom. The summed E-state index contributed by atoms with van der Waals surface area (Å²) in [4.78, 5) is 33.2. The summed E-state index contributed by atoms with van der Waals surface area (Å²) in [5.74, 6) is 1.56. The molecule has 0 saturated carbocycles. The third kappa shape index (κ3) is 4.65. The van der Waals surface area contributed by atoms with Crippen molar-refractivity contribution in [1.29, 1.82) is 0 Å². The number of rotatable bonds is 7. The van der Waals surface area contributed by atoms with Gasteiger partial charge in [0.05, 0.1) is 27.0 Å². The second-order valence-corrected chi connectivity index (χ2v) is 8.02. The molecule has 0 atom stereocenters. The van der Waals surface area contributed by atoms with Gasteiger partial charge >= 0.3 is 0 Å². The summed E-state index contributed by atoms with van der Waals surface area (Å²) >= 11 is 0. The van der Waals surface area contributed by atoms with Crippen LogP contribution < -0.4 is 24.0 Å². The van der Waals surface area contributed by atoms with Crippen molar-refractivity contribution < 1.29 is 23.8 Å². The van der Waals surface area contributed by atoms with Crippen molar-refractivity contribution in [1.82, 2.24) is 0 Å². The molecule has 3 aromatic rings. The first-order valence-electron chi connectivity index (χ1n) is 11.2. The lowest BCUT2D eigenvalue weighted by atomic mass is 10.1. The fourth-order valence-electron chi connectivity index (χ4n) is 3.89.